The zero-order valence-electron chi connectivity index (χ0n) is 10.6. The minimum absolute atomic E-state index is 0.00810. The first-order valence-corrected chi connectivity index (χ1v) is 6.64. The van der Waals surface area contributed by atoms with Gasteiger partial charge >= 0.3 is 6.18 Å². The van der Waals surface area contributed by atoms with Crippen molar-refractivity contribution in [3.63, 3.8) is 0 Å². The molecule has 0 spiro atoms. The van der Waals surface area contributed by atoms with E-state index in [1.165, 1.54) is 12.1 Å². The van der Waals surface area contributed by atoms with E-state index in [-0.39, 0.29) is 23.2 Å². The predicted molar refractivity (Wildman–Crippen MR) is 70.8 cm³/mol. The molecule has 0 atom stereocenters. The molecule has 3 nitrogen and oxygen atoms in total. The van der Waals surface area contributed by atoms with E-state index in [4.69, 9.17) is 11.6 Å². The van der Waals surface area contributed by atoms with E-state index in [2.05, 4.69) is 5.32 Å². The minimum Gasteiger partial charge on any atom is -0.376 e. The van der Waals surface area contributed by atoms with Crippen molar-refractivity contribution in [2.24, 2.45) is 0 Å². The zero-order valence-corrected chi connectivity index (χ0v) is 11.4. The van der Waals surface area contributed by atoms with Crippen LogP contribution in [0.15, 0.2) is 18.2 Å². The van der Waals surface area contributed by atoms with Gasteiger partial charge in [0, 0.05) is 23.8 Å². The van der Waals surface area contributed by atoms with Crippen LogP contribution < -0.4 is 5.32 Å². The maximum absolute atomic E-state index is 12.9. The Bertz CT molecular complexity index is 499. The van der Waals surface area contributed by atoms with Crippen molar-refractivity contribution in [2.75, 3.05) is 25.0 Å². The van der Waals surface area contributed by atoms with Gasteiger partial charge in [-0.3, -0.25) is 4.79 Å². The third kappa shape index (κ3) is 3.56. The summed E-state index contributed by atoms with van der Waals surface area (Å²) in [5, 5.41) is 2.56. The third-order valence-corrected chi connectivity index (χ3v) is 3.41. The molecule has 0 saturated carbocycles. The molecule has 1 aromatic rings. The Morgan fingerprint density at radius 2 is 1.95 bits per heavy atom. The Labute approximate surface area is 119 Å². The molecule has 0 radical (unpaired) electrons. The molecule has 0 unspecified atom stereocenters. The molecule has 1 fully saturated rings. The molecule has 7 heteroatoms. The summed E-state index contributed by atoms with van der Waals surface area (Å²) in [6, 6.07) is 3.45. The summed E-state index contributed by atoms with van der Waals surface area (Å²) in [6.07, 6.45) is -2.62. The summed E-state index contributed by atoms with van der Waals surface area (Å²) in [5.74, 6) is -0.189. The van der Waals surface area contributed by atoms with Crippen LogP contribution >= 0.6 is 11.6 Å². The lowest BCUT2D eigenvalue weighted by Crippen LogP contribution is -2.33. The van der Waals surface area contributed by atoms with Crippen LogP contribution in [0, 0.1) is 0 Å². The van der Waals surface area contributed by atoms with Crippen LogP contribution in [-0.4, -0.2) is 30.4 Å². The van der Waals surface area contributed by atoms with Gasteiger partial charge in [-0.1, -0.05) is 11.6 Å². The largest absolute Gasteiger partial charge is 0.418 e. The van der Waals surface area contributed by atoms with Gasteiger partial charge in [0.2, 0.25) is 5.91 Å². The van der Waals surface area contributed by atoms with Crippen molar-refractivity contribution in [2.45, 2.75) is 19.0 Å². The number of nitrogens with zero attached hydrogens (tertiary/aromatic N) is 1. The van der Waals surface area contributed by atoms with Crippen LogP contribution in [0.4, 0.5) is 18.9 Å². The Balaban J connectivity index is 2.07. The number of hydrogen-bond donors (Lipinski definition) is 1. The van der Waals surface area contributed by atoms with Gasteiger partial charge in [0.05, 0.1) is 12.1 Å². The number of carbonyl (C=O) groups excluding carboxylic acids is 1. The topological polar surface area (TPSA) is 32.3 Å². The Morgan fingerprint density at radius 3 is 2.55 bits per heavy atom. The molecular formula is C13H14ClF3N2O. The van der Waals surface area contributed by atoms with E-state index in [9.17, 15) is 18.0 Å². The van der Waals surface area contributed by atoms with Crippen molar-refractivity contribution in [3.05, 3.63) is 28.8 Å². The maximum Gasteiger partial charge on any atom is 0.418 e. The van der Waals surface area contributed by atoms with Crippen LogP contribution in [0.25, 0.3) is 0 Å². The molecule has 1 aliphatic heterocycles. The van der Waals surface area contributed by atoms with Crippen molar-refractivity contribution >= 4 is 23.2 Å². The monoisotopic (exact) mass is 306 g/mol. The van der Waals surface area contributed by atoms with Crippen LogP contribution in [0.2, 0.25) is 5.02 Å². The van der Waals surface area contributed by atoms with Gasteiger partial charge in [-0.2, -0.15) is 13.2 Å². The van der Waals surface area contributed by atoms with Gasteiger partial charge in [0.25, 0.3) is 0 Å². The molecule has 110 valence electrons. The lowest BCUT2D eigenvalue weighted by Gasteiger charge is -2.18. The first-order valence-electron chi connectivity index (χ1n) is 6.26. The molecule has 1 aromatic carbocycles. The van der Waals surface area contributed by atoms with Gasteiger partial charge in [0.15, 0.2) is 0 Å². The number of anilines is 1. The maximum atomic E-state index is 12.9. The number of nitrogens with one attached hydrogen (secondary N) is 1. The highest BCUT2D eigenvalue weighted by Gasteiger charge is 2.34. The van der Waals surface area contributed by atoms with Gasteiger partial charge in [-0.15, -0.1) is 0 Å². The highest BCUT2D eigenvalue weighted by Crippen LogP contribution is 2.36. The average Bonchev–Trinajstić information content (AvgIpc) is 2.89. The van der Waals surface area contributed by atoms with Gasteiger partial charge in [0.1, 0.15) is 0 Å². The van der Waals surface area contributed by atoms with Crippen molar-refractivity contribution < 1.29 is 18.0 Å². The standard InChI is InChI=1S/C13H14ClF3N2O/c14-9-3-4-11(10(7-9)13(15,16)17)18-8-12(20)19-5-1-2-6-19/h3-4,7,18H,1-2,5-6,8H2. The number of amides is 1. The van der Waals surface area contributed by atoms with E-state index in [1.54, 1.807) is 4.90 Å². The molecule has 1 N–H and O–H groups in total. The summed E-state index contributed by atoms with van der Waals surface area (Å²) in [4.78, 5) is 13.5. The number of carbonyl (C=O) groups is 1. The van der Waals surface area contributed by atoms with E-state index in [0.29, 0.717) is 13.1 Å². The molecule has 0 bridgehead atoms. The lowest BCUT2D eigenvalue weighted by atomic mass is 10.1. The molecule has 0 aliphatic carbocycles. The van der Waals surface area contributed by atoms with Crippen LogP contribution in [-0.2, 0) is 11.0 Å². The SMILES string of the molecule is O=C(CNc1ccc(Cl)cc1C(F)(F)F)N1CCCC1. The summed E-state index contributed by atoms with van der Waals surface area (Å²) < 4.78 is 38.6. The van der Waals surface area contributed by atoms with E-state index >= 15 is 0 Å². The van der Waals surface area contributed by atoms with Gasteiger partial charge in [-0.25, -0.2) is 0 Å². The fraction of sp³-hybridized carbons (Fsp3) is 0.462. The van der Waals surface area contributed by atoms with Gasteiger partial charge < -0.3 is 10.2 Å². The Hall–Kier alpha value is -1.43. The zero-order chi connectivity index (χ0) is 14.8. The van der Waals surface area contributed by atoms with Crippen molar-refractivity contribution in [1.82, 2.24) is 4.90 Å². The number of alkyl halides is 3. The first-order chi connectivity index (χ1) is 9.38. The lowest BCUT2D eigenvalue weighted by molar-refractivity contribution is -0.137. The molecule has 0 aromatic heterocycles. The van der Waals surface area contributed by atoms with E-state index < -0.39 is 11.7 Å². The average molecular weight is 307 g/mol. The second-order valence-electron chi connectivity index (χ2n) is 4.63. The normalized spacial score (nSPS) is 15.5. The first kappa shape index (κ1) is 15.0. The number of rotatable bonds is 3. The smallest absolute Gasteiger partial charge is 0.376 e. The second-order valence-corrected chi connectivity index (χ2v) is 5.07. The Kier molecular flexibility index (Phi) is 4.42. The third-order valence-electron chi connectivity index (χ3n) is 3.18. The van der Waals surface area contributed by atoms with Crippen LogP contribution in [0.5, 0.6) is 0 Å². The molecule has 1 heterocycles. The van der Waals surface area contributed by atoms with E-state index in [1.807, 2.05) is 0 Å². The quantitative estimate of drug-likeness (QED) is 0.928. The van der Waals surface area contributed by atoms with Crippen molar-refractivity contribution in [1.29, 1.82) is 0 Å². The summed E-state index contributed by atoms with van der Waals surface area (Å²) in [6.45, 7) is 1.20. The number of halogens is 4. The number of hydrogen-bond acceptors (Lipinski definition) is 2. The Morgan fingerprint density at radius 1 is 1.30 bits per heavy atom. The highest BCUT2D eigenvalue weighted by atomic mass is 35.5. The summed E-state index contributed by atoms with van der Waals surface area (Å²) in [5.41, 5.74) is -0.992. The molecule has 1 saturated heterocycles. The van der Waals surface area contributed by atoms with Crippen LogP contribution in [0.3, 0.4) is 0 Å². The van der Waals surface area contributed by atoms with E-state index in [0.717, 1.165) is 18.9 Å². The minimum atomic E-state index is -4.51. The highest BCUT2D eigenvalue weighted by molar-refractivity contribution is 6.30. The predicted octanol–water partition coefficient (Wildman–Crippen LogP) is 3.39. The second kappa shape index (κ2) is 5.91. The van der Waals surface area contributed by atoms with Crippen LogP contribution in [0.1, 0.15) is 18.4 Å². The fourth-order valence-corrected chi connectivity index (χ4v) is 2.33. The molecule has 20 heavy (non-hydrogen) atoms. The van der Waals surface area contributed by atoms with Crippen molar-refractivity contribution in [3.8, 4) is 0 Å². The van der Waals surface area contributed by atoms with Gasteiger partial charge in [-0.05, 0) is 31.0 Å². The number of benzene rings is 1. The molecular weight excluding hydrogens is 293 g/mol. The molecule has 1 aliphatic rings. The fourth-order valence-electron chi connectivity index (χ4n) is 2.15. The summed E-state index contributed by atoms with van der Waals surface area (Å²) in [7, 11) is 0. The summed E-state index contributed by atoms with van der Waals surface area (Å²) >= 11 is 5.59. The molecule has 2 rings (SSSR count). The molecule has 1 amide bonds. The number of likely N-dealkylation sites (tertiary alicyclic amines) is 1.